The molecule has 0 aliphatic carbocycles. The minimum absolute atomic E-state index is 0.000722. The van der Waals surface area contributed by atoms with E-state index >= 15 is 0 Å². The zero-order chi connectivity index (χ0) is 19.2. The standard InChI is InChI=1S/C16H12F3N3O4/c1-8(2)21-12(16(17,18)19)11(7-20-21)15(25)26-22-13(23)9-5-3-4-6-10(9)14(22)24/h3-8H,1-2H3. The molecule has 3 rings (SSSR count). The van der Waals surface area contributed by atoms with Gasteiger partial charge in [0.25, 0.3) is 11.8 Å². The van der Waals surface area contributed by atoms with Crippen LogP contribution >= 0.6 is 0 Å². The molecule has 0 saturated carbocycles. The molecule has 0 radical (unpaired) electrons. The molecule has 2 aromatic rings. The van der Waals surface area contributed by atoms with Crippen LogP contribution in [0.4, 0.5) is 13.2 Å². The molecule has 0 saturated heterocycles. The molecule has 1 aliphatic heterocycles. The second kappa shape index (κ2) is 5.97. The van der Waals surface area contributed by atoms with Crippen molar-refractivity contribution in [2.24, 2.45) is 0 Å². The number of benzene rings is 1. The molecule has 1 aromatic heterocycles. The van der Waals surface area contributed by atoms with Crippen molar-refractivity contribution in [3.05, 3.63) is 52.8 Å². The average molecular weight is 367 g/mol. The number of amides is 2. The van der Waals surface area contributed by atoms with E-state index in [4.69, 9.17) is 0 Å². The lowest BCUT2D eigenvalue weighted by molar-refractivity contribution is -0.145. The van der Waals surface area contributed by atoms with Crippen LogP contribution in [-0.2, 0) is 11.0 Å². The molecule has 1 aliphatic rings. The summed E-state index contributed by atoms with van der Waals surface area (Å²) in [6.45, 7) is 2.92. The summed E-state index contributed by atoms with van der Waals surface area (Å²) in [5.41, 5.74) is -2.20. The summed E-state index contributed by atoms with van der Waals surface area (Å²) in [5.74, 6) is -3.36. The molecule has 0 N–H and O–H groups in total. The van der Waals surface area contributed by atoms with E-state index < -0.39 is 41.3 Å². The summed E-state index contributed by atoms with van der Waals surface area (Å²) >= 11 is 0. The Bertz CT molecular complexity index is 883. The van der Waals surface area contributed by atoms with Gasteiger partial charge in [-0.3, -0.25) is 14.3 Å². The van der Waals surface area contributed by atoms with Gasteiger partial charge in [-0.05, 0) is 26.0 Å². The summed E-state index contributed by atoms with van der Waals surface area (Å²) in [6.07, 6.45) is -4.18. The van der Waals surface area contributed by atoms with Gasteiger partial charge in [0.05, 0.1) is 17.3 Å². The first-order chi connectivity index (χ1) is 12.1. The number of rotatable bonds is 3. The molecule has 136 valence electrons. The maximum absolute atomic E-state index is 13.3. The average Bonchev–Trinajstić information content (AvgIpc) is 3.12. The van der Waals surface area contributed by atoms with Crippen LogP contribution < -0.4 is 0 Å². The number of nitrogens with zero attached hydrogens (tertiary/aromatic N) is 3. The SMILES string of the molecule is CC(C)n1ncc(C(=O)ON2C(=O)c3ccccc3C2=O)c1C(F)(F)F. The quantitative estimate of drug-likeness (QED) is 0.780. The number of carbonyl (C=O) groups is 3. The summed E-state index contributed by atoms with van der Waals surface area (Å²) in [4.78, 5) is 41.2. The molecule has 0 unspecified atom stereocenters. The van der Waals surface area contributed by atoms with Gasteiger partial charge < -0.3 is 4.84 Å². The van der Waals surface area contributed by atoms with Crippen LogP contribution in [0.15, 0.2) is 30.5 Å². The minimum atomic E-state index is -4.88. The summed E-state index contributed by atoms with van der Waals surface area (Å²) < 4.78 is 40.6. The predicted octanol–water partition coefficient (Wildman–Crippen LogP) is 2.85. The first-order valence-corrected chi connectivity index (χ1v) is 7.47. The van der Waals surface area contributed by atoms with Crippen molar-refractivity contribution in [3.8, 4) is 0 Å². The fourth-order valence-electron chi connectivity index (χ4n) is 2.57. The molecule has 7 nitrogen and oxygen atoms in total. The van der Waals surface area contributed by atoms with Crippen LogP contribution in [0.3, 0.4) is 0 Å². The lowest BCUT2D eigenvalue weighted by atomic mass is 10.1. The van der Waals surface area contributed by atoms with Gasteiger partial charge >= 0.3 is 12.1 Å². The third-order valence-corrected chi connectivity index (χ3v) is 3.70. The Labute approximate surface area is 144 Å². The fourth-order valence-corrected chi connectivity index (χ4v) is 2.57. The third kappa shape index (κ3) is 2.72. The Morgan fingerprint density at radius 3 is 2.12 bits per heavy atom. The van der Waals surface area contributed by atoms with E-state index in [-0.39, 0.29) is 16.2 Å². The molecule has 2 amide bonds. The molecular weight excluding hydrogens is 355 g/mol. The van der Waals surface area contributed by atoms with Crippen molar-refractivity contribution in [1.82, 2.24) is 14.8 Å². The maximum Gasteiger partial charge on any atom is 0.433 e. The highest BCUT2D eigenvalue weighted by Crippen LogP contribution is 2.34. The van der Waals surface area contributed by atoms with Gasteiger partial charge in [-0.15, -0.1) is 0 Å². The molecule has 0 fully saturated rings. The lowest BCUT2D eigenvalue weighted by Gasteiger charge is -2.16. The number of hydrogen-bond donors (Lipinski definition) is 0. The smallest absolute Gasteiger partial charge is 0.324 e. The topological polar surface area (TPSA) is 81.5 Å². The van der Waals surface area contributed by atoms with Gasteiger partial charge in [-0.2, -0.15) is 18.3 Å². The maximum atomic E-state index is 13.3. The number of imide groups is 1. The normalized spacial score (nSPS) is 14.2. The molecule has 26 heavy (non-hydrogen) atoms. The Hall–Kier alpha value is -3.17. The van der Waals surface area contributed by atoms with Crippen molar-refractivity contribution < 1.29 is 32.4 Å². The van der Waals surface area contributed by atoms with E-state index in [1.807, 2.05) is 0 Å². The fraction of sp³-hybridized carbons (Fsp3) is 0.250. The predicted molar refractivity (Wildman–Crippen MR) is 80.0 cm³/mol. The van der Waals surface area contributed by atoms with E-state index in [1.54, 1.807) is 0 Å². The van der Waals surface area contributed by atoms with Gasteiger partial charge in [-0.25, -0.2) is 4.79 Å². The van der Waals surface area contributed by atoms with Crippen molar-refractivity contribution in [1.29, 1.82) is 0 Å². The molecule has 1 aromatic carbocycles. The number of fused-ring (bicyclic) bond motifs is 1. The van der Waals surface area contributed by atoms with Crippen LogP contribution in [0.2, 0.25) is 0 Å². The number of halogens is 3. The van der Waals surface area contributed by atoms with Gasteiger partial charge in [0.1, 0.15) is 5.56 Å². The Morgan fingerprint density at radius 2 is 1.65 bits per heavy atom. The van der Waals surface area contributed by atoms with Crippen molar-refractivity contribution >= 4 is 17.8 Å². The Morgan fingerprint density at radius 1 is 1.12 bits per heavy atom. The number of hydroxylamine groups is 2. The first-order valence-electron chi connectivity index (χ1n) is 7.47. The highest BCUT2D eigenvalue weighted by Gasteiger charge is 2.44. The molecule has 0 spiro atoms. The molecular formula is C16H12F3N3O4. The van der Waals surface area contributed by atoms with Crippen LogP contribution in [-0.4, -0.2) is 32.6 Å². The van der Waals surface area contributed by atoms with E-state index in [1.165, 1.54) is 38.1 Å². The molecule has 0 atom stereocenters. The molecule has 2 heterocycles. The third-order valence-electron chi connectivity index (χ3n) is 3.70. The van der Waals surface area contributed by atoms with Gasteiger partial charge in [0.15, 0.2) is 5.69 Å². The molecule has 10 heteroatoms. The van der Waals surface area contributed by atoms with E-state index in [0.29, 0.717) is 10.9 Å². The van der Waals surface area contributed by atoms with Crippen molar-refractivity contribution in [2.45, 2.75) is 26.1 Å². The molecule has 0 bridgehead atoms. The van der Waals surface area contributed by atoms with Crippen LogP contribution in [0, 0.1) is 0 Å². The highest BCUT2D eigenvalue weighted by atomic mass is 19.4. The van der Waals surface area contributed by atoms with Crippen molar-refractivity contribution in [2.75, 3.05) is 0 Å². The number of alkyl halides is 3. The first kappa shape index (κ1) is 17.6. The van der Waals surface area contributed by atoms with Crippen LogP contribution in [0.25, 0.3) is 0 Å². The van der Waals surface area contributed by atoms with Gasteiger partial charge in [-0.1, -0.05) is 17.2 Å². The van der Waals surface area contributed by atoms with E-state index in [2.05, 4.69) is 9.94 Å². The van der Waals surface area contributed by atoms with E-state index in [9.17, 15) is 27.6 Å². The summed E-state index contributed by atoms with van der Waals surface area (Å²) in [6, 6.07) is 5.03. The van der Waals surface area contributed by atoms with E-state index in [0.717, 1.165) is 0 Å². The van der Waals surface area contributed by atoms with Gasteiger partial charge in [0, 0.05) is 6.04 Å². The Balaban J connectivity index is 1.93. The second-order valence-corrected chi connectivity index (χ2v) is 5.77. The van der Waals surface area contributed by atoms with Crippen LogP contribution in [0.5, 0.6) is 0 Å². The monoisotopic (exact) mass is 367 g/mol. The zero-order valence-electron chi connectivity index (χ0n) is 13.6. The second-order valence-electron chi connectivity index (χ2n) is 5.77. The Kier molecular flexibility index (Phi) is 4.05. The number of hydrogen-bond acceptors (Lipinski definition) is 5. The van der Waals surface area contributed by atoms with Gasteiger partial charge in [0.2, 0.25) is 0 Å². The lowest BCUT2D eigenvalue weighted by Crippen LogP contribution is -2.33. The van der Waals surface area contributed by atoms with Crippen LogP contribution in [0.1, 0.15) is 56.7 Å². The minimum Gasteiger partial charge on any atom is -0.324 e. The highest BCUT2D eigenvalue weighted by molar-refractivity contribution is 6.21. The number of aromatic nitrogens is 2. The zero-order valence-corrected chi connectivity index (χ0v) is 13.6. The summed E-state index contributed by atoms with van der Waals surface area (Å²) in [7, 11) is 0. The number of carbonyl (C=O) groups excluding carboxylic acids is 3. The van der Waals surface area contributed by atoms with Crippen molar-refractivity contribution in [3.63, 3.8) is 0 Å². The largest absolute Gasteiger partial charge is 0.433 e. The summed E-state index contributed by atoms with van der Waals surface area (Å²) in [5, 5.41) is 3.72.